The van der Waals surface area contributed by atoms with Crippen molar-refractivity contribution in [1.82, 2.24) is 9.80 Å². The Hall–Kier alpha value is -1.52. The van der Waals surface area contributed by atoms with Crippen molar-refractivity contribution in [1.29, 1.82) is 0 Å². The number of ether oxygens (including phenoxy) is 2. The van der Waals surface area contributed by atoms with Gasteiger partial charge in [-0.1, -0.05) is 19.1 Å². The Balaban J connectivity index is 1.77. The topological polar surface area (TPSA) is 24.9 Å². The van der Waals surface area contributed by atoms with E-state index in [-0.39, 0.29) is 0 Å². The zero-order valence-corrected chi connectivity index (χ0v) is 14.6. The van der Waals surface area contributed by atoms with Crippen LogP contribution in [0.25, 0.3) is 0 Å². The first-order chi connectivity index (χ1) is 11.3. The molecule has 1 saturated heterocycles. The van der Waals surface area contributed by atoms with Gasteiger partial charge in [0.15, 0.2) is 11.5 Å². The Kier molecular flexibility index (Phi) is 7.43. The molecule has 4 nitrogen and oxygen atoms in total. The molecule has 1 fully saturated rings. The van der Waals surface area contributed by atoms with E-state index in [0.29, 0.717) is 6.61 Å². The minimum absolute atomic E-state index is 0.699. The molecular formula is C19H30N2O2. The van der Waals surface area contributed by atoms with Crippen molar-refractivity contribution in [2.24, 2.45) is 0 Å². The fraction of sp³-hybridized carbons (Fsp3) is 0.579. The van der Waals surface area contributed by atoms with Gasteiger partial charge < -0.3 is 14.4 Å². The lowest BCUT2D eigenvalue weighted by atomic mass is 10.1. The van der Waals surface area contributed by atoms with Gasteiger partial charge in [0.2, 0.25) is 0 Å². The number of methoxy groups -OCH3 is 1. The molecule has 1 aromatic carbocycles. The zero-order chi connectivity index (χ0) is 16.5. The van der Waals surface area contributed by atoms with Gasteiger partial charge in [0.05, 0.1) is 7.11 Å². The monoisotopic (exact) mass is 318 g/mol. The Labute approximate surface area is 140 Å². The highest BCUT2D eigenvalue weighted by Gasteiger charge is 2.16. The van der Waals surface area contributed by atoms with Crippen LogP contribution in [0.1, 0.15) is 18.9 Å². The Morgan fingerprint density at radius 2 is 1.78 bits per heavy atom. The summed E-state index contributed by atoms with van der Waals surface area (Å²) in [6.45, 7) is 13.5. The molecular weight excluding hydrogens is 288 g/mol. The van der Waals surface area contributed by atoms with E-state index in [4.69, 9.17) is 9.47 Å². The van der Waals surface area contributed by atoms with Crippen LogP contribution in [0.2, 0.25) is 0 Å². The Morgan fingerprint density at radius 3 is 2.39 bits per heavy atom. The SMILES string of the molecule is C=CCc1ccc(OCCN2CCN(CCC)CC2)c(OC)c1. The zero-order valence-electron chi connectivity index (χ0n) is 14.6. The van der Waals surface area contributed by atoms with Crippen LogP contribution in [0.5, 0.6) is 11.5 Å². The van der Waals surface area contributed by atoms with Crippen molar-refractivity contribution in [3.8, 4) is 11.5 Å². The van der Waals surface area contributed by atoms with Crippen molar-refractivity contribution in [2.75, 3.05) is 53.0 Å². The number of allylic oxidation sites excluding steroid dienone is 1. The van der Waals surface area contributed by atoms with E-state index in [0.717, 1.165) is 37.6 Å². The quantitative estimate of drug-likeness (QED) is 0.654. The summed E-state index contributed by atoms with van der Waals surface area (Å²) in [6.07, 6.45) is 3.98. The maximum Gasteiger partial charge on any atom is 0.161 e. The molecule has 1 aliphatic heterocycles. The van der Waals surface area contributed by atoms with E-state index in [9.17, 15) is 0 Å². The highest BCUT2D eigenvalue weighted by Crippen LogP contribution is 2.28. The maximum atomic E-state index is 5.93. The molecule has 2 rings (SSSR count). The number of nitrogens with zero attached hydrogens (tertiary/aromatic N) is 2. The van der Waals surface area contributed by atoms with Crippen LogP contribution >= 0.6 is 0 Å². The molecule has 0 amide bonds. The second-order valence-corrected chi connectivity index (χ2v) is 6.01. The first-order valence-electron chi connectivity index (χ1n) is 8.62. The van der Waals surface area contributed by atoms with Gasteiger partial charge in [0.25, 0.3) is 0 Å². The summed E-state index contributed by atoms with van der Waals surface area (Å²) in [5.41, 5.74) is 1.19. The number of rotatable bonds is 9. The lowest BCUT2D eigenvalue weighted by Crippen LogP contribution is -2.47. The van der Waals surface area contributed by atoms with Crippen molar-refractivity contribution in [3.05, 3.63) is 36.4 Å². The van der Waals surface area contributed by atoms with Gasteiger partial charge in [-0.25, -0.2) is 0 Å². The summed E-state index contributed by atoms with van der Waals surface area (Å²) in [7, 11) is 1.69. The minimum Gasteiger partial charge on any atom is -0.493 e. The molecule has 0 bridgehead atoms. The third-order valence-corrected chi connectivity index (χ3v) is 4.28. The standard InChI is InChI=1S/C19H30N2O2/c1-4-6-17-7-8-18(19(16-17)22-3)23-15-14-21-12-10-20(9-5-2)11-13-21/h4,7-8,16H,1,5-6,9-15H2,2-3H3. The predicted molar refractivity (Wildman–Crippen MR) is 95.6 cm³/mol. The normalized spacial score (nSPS) is 16.3. The summed E-state index contributed by atoms with van der Waals surface area (Å²) in [5, 5.41) is 0. The van der Waals surface area contributed by atoms with Gasteiger partial charge in [-0.05, 0) is 37.1 Å². The van der Waals surface area contributed by atoms with E-state index in [2.05, 4.69) is 29.4 Å². The van der Waals surface area contributed by atoms with Crippen LogP contribution in [0.4, 0.5) is 0 Å². The lowest BCUT2D eigenvalue weighted by Gasteiger charge is -2.34. The van der Waals surface area contributed by atoms with E-state index < -0.39 is 0 Å². The summed E-state index contributed by atoms with van der Waals surface area (Å²) in [6, 6.07) is 6.10. The molecule has 4 heteroatoms. The van der Waals surface area contributed by atoms with Crippen molar-refractivity contribution in [2.45, 2.75) is 19.8 Å². The molecule has 1 heterocycles. The van der Waals surface area contributed by atoms with Gasteiger partial charge in [0, 0.05) is 32.7 Å². The smallest absolute Gasteiger partial charge is 0.161 e. The van der Waals surface area contributed by atoms with Crippen molar-refractivity contribution >= 4 is 0 Å². The summed E-state index contributed by atoms with van der Waals surface area (Å²) >= 11 is 0. The molecule has 0 aromatic heterocycles. The number of piperazine rings is 1. The van der Waals surface area contributed by atoms with Crippen LogP contribution in [0.15, 0.2) is 30.9 Å². The second kappa shape index (κ2) is 9.58. The predicted octanol–water partition coefficient (Wildman–Crippen LogP) is 2.83. The van der Waals surface area contributed by atoms with Gasteiger partial charge in [-0.15, -0.1) is 6.58 Å². The molecule has 0 radical (unpaired) electrons. The number of benzene rings is 1. The summed E-state index contributed by atoms with van der Waals surface area (Å²) in [4.78, 5) is 5.02. The van der Waals surface area contributed by atoms with Crippen LogP contribution in [-0.4, -0.2) is 62.8 Å². The molecule has 1 aromatic rings. The van der Waals surface area contributed by atoms with Gasteiger partial charge in [-0.2, -0.15) is 0 Å². The summed E-state index contributed by atoms with van der Waals surface area (Å²) in [5.74, 6) is 1.63. The molecule has 0 N–H and O–H groups in total. The average Bonchev–Trinajstić information content (AvgIpc) is 2.58. The molecule has 23 heavy (non-hydrogen) atoms. The molecule has 0 spiro atoms. The fourth-order valence-corrected chi connectivity index (χ4v) is 2.96. The molecule has 128 valence electrons. The van der Waals surface area contributed by atoms with Gasteiger partial charge in [-0.3, -0.25) is 4.90 Å². The Bertz CT molecular complexity index is 482. The first kappa shape index (κ1) is 17.8. The summed E-state index contributed by atoms with van der Waals surface area (Å²) < 4.78 is 11.4. The van der Waals surface area contributed by atoms with E-state index in [1.165, 1.54) is 31.6 Å². The molecule has 0 aliphatic carbocycles. The molecule has 0 saturated carbocycles. The van der Waals surface area contributed by atoms with Crippen LogP contribution in [0, 0.1) is 0 Å². The Morgan fingerprint density at radius 1 is 1.09 bits per heavy atom. The first-order valence-corrected chi connectivity index (χ1v) is 8.62. The van der Waals surface area contributed by atoms with E-state index in [1.807, 2.05) is 18.2 Å². The van der Waals surface area contributed by atoms with Gasteiger partial charge in [0.1, 0.15) is 6.61 Å². The minimum atomic E-state index is 0.699. The van der Waals surface area contributed by atoms with Crippen LogP contribution in [-0.2, 0) is 6.42 Å². The maximum absolute atomic E-state index is 5.93. The van der Waals surface area contributed by atoms with Crippen LogP contribution < -0.4 is 9.47 Å². The third-order valence-electron chi connectivity index (χ3n) is 4.28. The number of hydrogen-bond donors (Lipinski definition) is 0. The third kappa shape index (κ3) is 5.56. The van der Waals surface area contributed by atoms with Crippen molar-refractivity contribution in [3.63, 3.8) is 0 Å². The fourth-order valence-electron chi connectivity index (χ4n) is 2.96. The highest BCUT2D eigenvalue weighted by molar-refractivity contribution is 5.43. The highest BCUT2D eigenvalue weighted by atomic mass is 16.5. The molecule has 1 aliphatic rings. The van der Waals surface area contributed by atoms with Crippen molar-refractivity contribution < 1.29 is 9.47 Å². The second-order valence-electron chi connectivity index (χ2n) is 6.01. The number of hydrogen-bond acceptors (Lipinski definition) is 4. The van der Waals surface area contributed by atoms with Crippen LogP contribution in [0.3, 0.4) is 0 Å². The largest absolute Gasteiger partial charge is 0.493 e. The van der Waals surface area contributed by atoms with Gasteiger partial charge >= 0.3 is 0 Å². The molecule has 0 unspecified atom stereocenters. The van der Waals surface area contributed by atoms with E-state index in [1.54, 1.807) is 7.11 Å². The average molecular weight is 318 g/mol. The lowest BCUT2D eigenvalue weighted by molar-refractivity contribution is 0.116. The van der Waals surface area contributed by atoms with E-state index >= 15 is 0 Å². The molecule has 0 atom stereocenters.